The highest BCUT2D eigenvalue weighted by molar-refractivity contribution is 7.20. The molecule has 2 aromatic carbocycles. The Morgan fingerprint density at radius 3 is 2.48 bits per heavy atom. The number of aromatic nitrogens is 3. The maximum atomic E-state index is 12.8. The van der Waals surface area contributed by atoms with E-state index in [9.17, 15) is 4.79 Å². The lowest BCUT2D eigenvalue weighted by molar-refractivity contribution is -0.116. The second kappa shape index (κ2) is 8.08. The van der Waals surface area contributed by atoms with Crippen molar-refractivity contribution in [2.45, 2.75) is 26.2 Å². The molecule has 1 unspecified atom stereocenters. The van der Waals surface area contributed by atoms with Gasteiger partial charge in [-0.3, -0.25) is 4.79 Å². The summed E-state index contributed by atoms with van der Waals surface area (Å²) in [5, 5.41) is 8.51. The van der Waals surface area contributed by atoms with Gasteiger partial charge in [0.05, 0.1) is 37.2 Å². The van der Waals surface area contributed by atoms with Crippen LogP contribution in [0.4, 0.5) is 5.82 Å². The van der Waals surface area contributed by atoms with Crippen molar-refractivity contribution < 1.29 is 19.0 Å². The largest absolute Gasteiger partial charge is 0.496 e. The van der Waals surface area contributed by atoms with Crippen molar-refractivity contribution in [3.63, 3.8) is 0 Å². The fourth-order valence-corrected chi connectivity index (χ4v) is 5.41. The van der Waals surface area contributed by atoms with Gasteiger partial charge >= 0.3 is 0 Å². The van der Waals surface area contributed by atoms with E-state index in [-0.39, 0.29) is 18.2 Å². The first-order valence-corrected chi connectivity index (χ1v) is 11.3. The maximum absolute atomic E-state index is 12.8. The van der Waals surface area contributed by atoms with Crippen LogP contribution in [0, 0.1) is 13.8 Å². The van der Waals surface area contributed by atoms with Crippen LogP contribution in [0.2, 0.25) is 0 Å². The van der Waals surface area contributed by atoms with Crippen LogP contribution in [0.5, 0.6) is 17.2 Å². The van der Waals surface area contributed by atoms with E-state index in [0.29, 0.717) is 28.2 Å². The van der Waals surface area contributed by atoms with Crippen LogP contribution < -0.4 is 19.5 Å². The van der Waals surface area contributed by atoms with Crippen LogP contribution in [0.15, 0.2) is 30.3 Å². The third kappa shape index (κ3) is 3.48. The first-order valence-electron chi connectivity index (χ1n) is 10.5. The van der Waals surface area contributed by atoms with Crippen LogP contribution >= 0.6 is 11.3 Å². The quantitative estimate of drug-likeness (QED) is 0.465. The average molecular weight is 465 g/mol. The van der Waals surface area contributed by atoms with Gasteiger partial charge in [-0.25, -0.2) is 4.98 Å². The number of methoxy groups -OCH3 is 3. The smallest absolute Gasteiger partial charge is 0.226 e. The summed E-state index contributed by atoms with van der Waals surface area (Å²) in [5.41, 5.74) is 4.68. The molecule has 170 valence electrons. The first-order chi connectivity index (χ1) is 15.9. The van der Waals surface area contributed by atoms with E-state index in [2.05, 4.69) is 18.3 Å². The van der Waals surface area contributed by atoms with E-state index in [4.69, 9.17) is 24.3 Å². The minimum atomic E-state index is -0.256. The molecular formula is C24H24N4O4S. The summed E-state index contributed by atoms with van der Waals surface area (Å²) in [6.07, 6.45) is 0.268. The number of benzene rings is 2. The summed E-state index contributed by atoms with van der Waals surface area (Å²) in [4.78, 5) is 17.6. The molecule has 1 amide bonds. The average Bonchev–Trinajstić information content (AvgIpc) is 3.37. The van der Waals surface area contributed by atoms with Gasteiger partial charge in [0.25, 0.3) is 0 Å². The Balaban J connectivity index is 1.68. The molecule has 8 nitrogen and oxygen atoms in total. The molecule has 0 bridgehead atoms. The predicted octanol–water partition coefficient (Wildman–Crippen LogP) is 4.60. The summed E-state index contributed by atoms with van der Waals surface area (Å²) in [7, 11) is 4.77. The Morgan fingerprint density at radius 1 is 1.03 bits per heavy atom. The molecule has 1 N–H and O–H groups in total. The van der Waals surface area contributed by atoms with Gasteiger partial charge in [0.15, 0.2) is 11.5 Å². The van der Waals surface area contributed by atoms with Gasteiger partial charge in [-0.1, -0.05) is 17.4 Å². The first kappa shape index (κ1) is 21.3. The van der Waals surface area contributed by atoms with Crippen molar-refractivity contribution in [2.75, 3.05) is 26.6 Å². The lowest BCUT2D eigenvalue weighted by atomic mass is 9.85. The topological polar surface area (TPSA) is 87.5 Å². The summed E-state index contributed by atoms with van der Waals surface area (Å²) in [6.45, 7) is 4.00. The number of aryl methyl sites for hydroxylation is 2. The zero-order valence-corrected chi connectivity index (χ0v) is 19.9. The molecule has 5 rings (SSSR count). The second-order valence-corrected chi connectivity index (χ2v) is 8.99. The number of carbonyl (C=O) groups is 1. The van der Waals surface area contributed by atoms with Gasteiger partial charge in [-0.05, 0) is 37.6 Å². The zero-order chi connectivity index (χ0) is 23.3. The number of thiazole rings is 1. The van der Waals surface area contributed by atoms with E-state index < -0.39 is 0 Å². The highest BCUT2D eigenvalue weighted by Crippen LogP contribution is 2.46. The fraction of sp³-hybridized carbons (Fsp3) is 0.292. The van der Waals surface area contributed by atoms with Crippen molar-refractivity contribution in [1.82, 2.24) is 14.8 Å². The van der Waals surface area contributed by atoms with Gasteiger partial charge < -0.3 is 19.5 Å². The molecule has 1 aliphatic rings. The van der Waals surface area contributed by atoms with E-state index in [1.807, 2.05) is 25.1 Å². The summed E-state index contributed by atoms with van der Waals surface area (Å²) in [5.74, 6) is 2.06. The summed E-state index contributed by atoms with van der Waals surface area (Å²) in [6, 6.07) is 9.81. The number of fused-ring (bicyclic) bond motifs is 2. The third-order valence-electron chi connectivity index (χ3n) is 5.93. The van der Waals surface area contributed by atoms with Gasteiger partial charge in [0.2, 0.25) is 11.0 Å². The highest BCUT2D eigenvalue weighted by atomic mass is 32.1. The van der Waals surface area contributed by atoms with E-state index in [1.54, 1.807) is 43.4 Å². The number of nitrogens with one attached hydrogen (secondary N) is 1. The number of anilines is 1. The minimum absolute atomic E-state index is 0.0950. The predicted molar refractivity (Wildman–Crippen MR) is 127 cm³/mol. The number of rotatable bonds is 5. The Hall–Kier alpha value is -3.59. The Kier molecular flexibility index (Phi) is 5.20. The maximum Gasteiger partial charge on any atom is 0.226 e. The standard InChI is InChI=1S/C24H24N4O4S/c1-12-6-7-16-20(8-12)33-24(25-16)28-23-22(13(2)27-28)15(10-21(29)26-23)14-9-18(31-4)19(32-5)11-17(14)30-3/h6-9,11,15H,10H2,1-5H3,(H,26,29). The molecule has 9 heteroatoms. The fourth-order valence-electron chi connectivity index (χ4n) is 4.39. The Morgan fingerprint density at radius 2 is 1.76 bits per heavy atom. The molecule has 0 saturated carbocycles. The minimum Gasteiger partial charge on any atom is -0.496 e. The summed E-state index contributed by atoms with van der Waals surface area (Å²) >= 11 is 1.54. The van der Waals surface area contributed by atoms with E-state index in [0.717, 1.165) is 27.0 Å². The number of amides is 1. The number of hydrogen-bond donors (Lipinski definition) is 1. The lowest BCUT2D eigenvalue weighted by Crippen LogP contribution is -2.25. The number of carbonyl (C=O) groups excluding carboxylic acids is 1. The number of nitrogens with zero attached hydrogens (tertiary/aromatic N) is 3. The Labute approximate surface area is 195 Å². The molecule has 1 aliphatic heterocycles. The van der Waals surface area contributed by atoms with Gasteiger partial charge in [-0.15, -0.1) is 0 Å². The lowest BCUT2D eigenvalue weighted by Gasteiger charge is -2.26. The monoisotopic (exact) mass is 464 g/mol. The van der Waals surface area contributed by atoms with Crippen LogP contribution in [0.3, 0.4) is 0 Å². The van der Waals surface area contributed by atoms with Crippen molar-refractivity contribution in [3.05, 3.63) is 52.7 Å². The van der Waals surface area contributed by atoms with Crippen LogP contribution in [-0.2, 0) is 4.79 Å². The van der Waals surface area contributed by atoms with Crippen LogP contribution in [0.25, 0.3) is 15.3 Å². The molecule has 0 saturated heterocycles. The molecule has 4 aromatic rings. The van der Waals surface area contributed by atoms with E-state index >= 15 is 0 Å². The van der Waals surface area contributed by atoms with Crippen LogP contribution in [-0.4, -0.2) is 42.0 Å². The second-order valence-electron chi connectivity index (χ2n) is 7.98. The molecule has 0 fully saturated rings. The Bertz CT molecular complexity index is 1390. The zero-order valence-electron chi connectivity index (χ0n) is 19.1. The molecule has 1 atom stereocenters. The summed E-state index contributed by atoms with van der Waals surface area (Å²) < 4.78 is 19.4. The molecule has 3 heterocycles. The molecular weight excluding hydrogens is 440 g/mol. The van der Waals surface area contributed by atoms with Crippen molar-refractivity contribution in [2.24, 2.45) is 0 Å². The molecule has 2 aromatic heterocycles. The number of ether oxygens (including phenoxy) is 3. The highest BCUT2D eigenvalue weighted by Gasteiger charge is 2.35. The molecule has 0 radical (unpaired) electrons. The number of hydrogen-bond acceptors (Lipinski definition) is 7. The van der Waals surface area contributed by atoms with E-state index in [1.165, 1.54) is 5.56 Å². The van der Waals surface area contributed by atoms with Crippen molar-refractivity contribution in [3.8, 4) is 22.4 Å². The van der Waals surface area contributed by atoms with Crippen molar-refractivity contribution in [1.29, 1.82) is 0 Å². The molecule has 0 spiro atoms. The van der Waals surface area contributed by atoms with Gasteiger partial charge in [-0.2, -0.15) is 9.78 Å². The SMILES string of the molecule is COc1cc(OC)c(C2CC(=O)Nc3c2c(C)nn3-c2nc3ccc(C)cc3s2)cc1OC. The van der Waals surface area contributed by atoms with Crippen molar-refractivity contribution >= 4 is 33.3 Å². The third-order valence-corrected chi connectivity index (χ3v) is 6.92. The molecule has 0 aliphatic carbocycles. The van der Waals surface area contributed by atoms with Crippen LogP contribution in [0.1, 0.15) is 34.7 Å². The van der Waals surface area contributed by atoms with Gasteiger partial charge in [0.1, 0.15) is 11.6 Å². The molecule has 33 heavy (non-hydrogen) atoms. The normalized spacial score (nSPS) is 15.3. The van der Waals surface area contributed by atoms with Gasteiger partial charge in [0, 0.05) is 29.5 Å².